The van der Waals surface area contributed by atoms with Crippen molar-refractivity contribution in [1.82, 2.24) is 15.1 Å². The largest absolute Gasteiger partial charge is 0.462 e. The van der Waals surface area contributed by atoms with Crippen LogP contribution in [0.3, 0.4) is 0 Å². The number of nitrogens with one attached hydrogen (secondary N) is 2. The molecule has 3 heterocycles. The molecule has 4 rings (SSSR count). The first-order chi connectivity index (χ1) is 14.2. The van der Waals surface area contributed by atoms with Gasteiger partial charge in [-0.1, -0.05) is 12.1 Å². The number of carbonyl (C=O) groups is 1. The molecule has 7 nitrogen and oxygen atoms in total. The molecule has 0 radical (unpaired) electrons. The van der Waals surface area contributed by atoms with Gasteiger partial charge in [0.1, 0.15) is 18.1 Å². The van der Waals surface area contributed by atoms with Crippen LogP contribution >= 0.6 is 0 Å². The molecule has 7 heteroatoms. The summed E-state index contributed by atoms with van der Waals surface area (Å²) in [5.41, 5.74) is 2.74. The van der Waals surface area contributed by atoms with Crippen LogP contribution in [0.4, 0.5) is 5.69 Å². The summed E-state index contributed by atoms with van der Waals surface area (Å²) in [6.45, 7) is 3.02. The van der Waals surface area contributed by atoms with E-state index in [1.807, 2.05) is 42.5 Å². The highest BCUT2D eigenvalue weighted by molar-refractivity contribution is 5.93. The number of likely N-dealkylation sites (tertiary alicyclic amines) is 1. The first-order valence-corrected chi connectivity index (χ1v) is 9.91. The number of hydrogen-bond acceptors (Lipinski definition) is 5. The van der Waals surface area contributed by atoms with Crippen LogP contribution in [-0.4, -0.2) is 41.2 Å². The van der Waals surface area contributed by atoms with Gasteiger partial charge in [0.2, 0.25) is 5.91 Å². The number of hydrogen-bond donors (Lipinski definition) is 2. The number of rotatable bonds is 7. The maximum Gasteiger partial charge on any atom is 0.227 e. The van der Waals surface area contributed by atoms with E-state index in [4.69, 9.17) is 9.15 Å². The Bertz CT molecular complexity index is 927. The summed E-state index contributed by atoms with van der Waals surface area (Å²) in [6, 6.07) is 13.7. The van der Waals surface area contributed by atoms with Gasteiger partial charge in [0.15, 0.2) is 0 Å². The highest BCUT2D eigenvalue weighted by atomic mass is 16.5. The summed E-state index contributed by atoms with van der Waals surface area (Å²) in [5.74, 6) is 1.90. The SMILES string of the molecule is COCc1ccc(CN2CCC(C(=O)Nc3cccc(-c4ccn[nH]4)c3)CC2)o1. The zero-order valence-electron chi connectivity index (χ0n) is 16.6. The van der Waals surface area contributed by atoms with Crippen molar-refractivity contribution < 1.29 is 13.9 Å². The fourth-order valence-corrected chi connectivity index (χ4v) is 3.73. The number of ether oxygens (including phenoxy) is 1. The van der Waals surface area contributed by atoms with E-state index in [0.29, 0.717) is 6.61 Å². The first kappa shape index (κ1) is 19.4. The smallest absolute Gasteiger partial charge is 0.227 e. The molecule has 1 saturated heterocycles. The Morgan fingerprint density at radius 3 is 2.83 bits per heavy atom. The highest BCUT2D eigenvalue weighted by Gasteiger charge is 2.25. The molecule has 29 heavy (non-hydrogen) atoms. The molecule has 1 aliphatic heterocycles. The Morgan fingerprint density at radius 2 is 2.07 bits per heavy atom. The van der Waals surface area contributed by atoms with E-state index < -0.39 is 0 Å². The maximum atomic E-state index is 12.7. The quantitative estimate of drug-likeness (QED) is 0.639. The molecule has 0 aliphatic carbocycles. The summed E-state index contributed by atoms with van der Waals surface area (Å²) in [4.78, 5) is 15.1. The van der Waals surface area contributed by atoms with Gasteiger partial charge in [-0.15, -0.1) is 0 Å². The zero-order valence-corrected chi connectivity index (χ0v) is 16.6. The minimum Gasteiger partial charge on any atom is -0.462 e. The Balaban J connectivity index is 1.28. The van der Waals surface area contributed by atoms with E-state index in [1.54, 1.807) is 13.3 Å². The molecule has 2 N–H and O–H groups in total. The lowest BCUT2D eigenvalue weighted by atomic mass is 9.95. The number of piperidine rings is 1. The van der Waals surface area contributed by atoms with Crippen molar-refractivity contribution in [2.24, 2.45) is 5.92 Å². The number of benzene rings is 1. The van der Waals surface area contributed by atoms with E-state index in [9.17, 15) is 4.79 Å². The monoisotopic (exact) mass is 394 g/mol. The average molecular weight is 394 g/mol. The third-order valence-electron chi connectivity index (χ3n) is 5.28. The minimum absolute atomic E-state index is 0.0303. The Kier molecular flexibility index (Phi) is 6.07. The van der Waals surface area contributed by atoms with Crippen LogP contribution < -0.4 is 5.32 Å². The molecule has 0 unspecified atom stereocenters. The van der Waals surface area contributed by atoms with E-state index in [1.165, 1.54) is 0 Å². The van der Waals surface area contributed by atoms with Gasteiger partial charge in [-0.05, 0) is 56.3 Å². The van der Waals surface area contributed by atoms with Gasteiger partial charge in [-0.2, -0.15) is 5.10 Å². The molecule has 0 bridgehead atoms. The lowest BCUT2D eigenvalue weighted by Crippen LogP contribution is -2.37. The van der Waals surface area contributed by atoms with Crippen molar-refractivity contribution in [3.63, 3.8) is 0 Å². The number of aromatic nitrogens is 2. The standard InChI is InChI=1S/C22H26N4O3/c1-28-15-20-6-5-19(29-20)14-26-11-8-16(9-12-26)22(27)24-18-4-2-3-17(13-18)21-7-10-23-25-21/h2-7,10,13,16H,8-9,11-12,14-15H2,1H3,(H,23,25)(H,24,27). The number of furan rings is 1. The number of nitrogens with zero attached hydrogens (tertiary/aromatic N) is 2. The van der Waals surface area contributed by atoms with Crippen LogP contribution in [0.1, 0.15) is 24.4 Å². The van der Waals surface area contributed by atoms with Gasteiger partial charge in [0.05, 0.1) is 12.2 Å². The Hall–Kier alpha value is -2.90. The summed E-state index contributed by atoms with van der Waals surface area (Å²) >= 11 is 0. The second-order valence-electron chi connectivity index (χ2n) is 7.39. The number of anilines is 1. The van der Waals surface area contributed by atoms with Crippen molar-refractivity contribution in [1.29, 1.82) is 0 Å². The molecule has 0 spiro atoms. The lowest BCUT2D eigenvalue weighted by Gasteiger charge is -2.30. The van der Waals surface area contributed by atoms with Crippen LogP contribution in [0.2, 0.25) is 0 Å². The normalized spacial score (nSPS) is 15.5. The molecule has 3 aromatic rings. The highest BCUT2D eigenvalue weighted by Crippen LogP contribution is 2.24. The molecule has 0 saturated carbocycles. The van der Waals surface area contributed by atoms with Crippen molar-refractivity contribution in [3.05, 3.63) is 60.2 Å². The molecule has 2 aromatic heterocycles. The van der Waals surface area contributed by atoms with Crippen molar-refractivity contribution in [3.8, 4) is 11.3 Å². The lowest BCUT2D eigenvalue weighted by molar-refractivity contribution is -0.121. The average Bonchev–Trinajstić information content (AvgIpc) is 3.42. The second kappa shape index (κ2) is 9.07. The number of carbonyl (C=O) groups excluding carboxylic acids is 1. The predicted octanol–water partition coefficient (Wildman–Crippen LogP) is 3.67. The van der Waals surface area contributed by atoms with E-state index >= 15 is 0 Å². The molecule has 1 fully saturated rings. The fourth-order valence-electron chi connectivity index (χ4n) is 3.73. The van der Waals surface area contributed by atoms with Gasteiger partial charge in [-0.25, -0.2) is 0 Å². The summed E-state index contributed by atoms with van der Waals surface area (Å²) in [5, 5.41) is 10.00. The molecular formula is C22H26N4O3. The van der Waals surface area contributed by atoms with Crippen molar-refractivity contribution >= 4 is 11.6 Å². The third-order valence-corrected chi connectivity index (χ3v) is 5.28. The van der Waals surface area contributed by atoms with Gasteiger partial charge in [0.25, 0.3) is 0 Å². The molecule has 1 amide bonds. The summed E-state index contributed by atoms with van der Waals surface area (Å²) in [6.07, 6.45) is 3.41. The maximum absolute atomic E-state index is 12.7. The second-order valence-corrected chi connectivity index (χ2v) is 7.39. The molecular weight excluding hydrogens is 368 g/mol. The van der Waals surface area contributed by atoms with Gasteiger partial charge < -0.3 is 14.5 Å². The minimum atomic E-state index is 0.0303. The van der Waals surface area contributed by atoms with Gasteiger partial charge in [-0.3, -0.25) is 14.8 Å². The number of methoxy groups -OCH3 is 1. The van der Waals surface area contributed by atoms with E-state index in [-0.39, 0.29) is 11.8 Å². The molecule has 1 aromatic carbocycles. The fraction of sp³-hybridized carbons (Fsp3) is 0.364. The number of aromatic amines is 1. The predicted molar refractivity (Wildman–Crippen MR) is 110 cm³/mol. The van der Waals surface area contributed by atoms with E-state index in [2.05, 4.69) is 20.4 Å². The summed E-state index contributed by atoms with van der Waals surface area (Å²) < 4.78 is 10.9. The van der Waals surface area contributed by atoms with Crippen molar-refractivity contribution in [2.45, 2.75) is 26.0 Å². The summed E-state index contributed by atoms with van der Waals surface area (Å²) in [7, 11) is 1.66. The topological polar surface area (TPSA) is 83.4 Å². The van der Waals surface area contributed by atoms with Crippen LogP contribution in [0, 0.1) is 5.92 Å². The van der Waals surface area contributed by atoms with Crippen LogP contribution in [-0.2, 0) is 22.7 Å². The van der Waals surface area contributed by atoms with Crippen molar-refractivity contribution in [2.75, 3.05) is 25.5 Å². The molecule has 0 atom stereocenters. The third kappa shape index (κ3) is 4.93. The number of amides is 1. The molecule has 1 aliphatic rings. The Labute approximate surface area is 170 Å². The zero-order chi connectivity index (χ0) is 20.1. The Morgan fingerprint density at radius 1 is 1.24 bits per heavy atom. The molecule has 152 valence electrons. The van der Waals surface area contributed by atoms with Crippen LogP contribution in [0.25, 0.3) is 11.3 Å². The first-order valence-electron chi connectivity index (χ1n) is 9.91. The van der Waals surface area contributed by atoms with Gasteiger partial charge in [0, 0.05) is 30.5 Å². The van der Waals surface area contributed by atoms with E-state index in [0.717, 1.165) is 60.9 Å². The van der Waals surface area contributed by atoms with Crippen LogP contribution in [0.5, 0.6) is 0 Å². The number of H-pyrrole nitrogens is 1. The van der Waals surface area contributed by atoms with Crippen LogP contribution in [0.15, 0.2) is 53.1 Å². The van der Waals surface area contributed by atoms with Gasteiger partial charge >= 0.3 is 0 Å².